The maximum Gasteiger partial charge on any atom is 0.150 e. The Morgan fingerprint density at radius 3 is 2.24 bits per heavy atom. The number of aromatic hydroxyl groups is 1. The molecule has 0 aliphatic carbocycles. The number of phenols is 1. The number of rotatable bonds is 4. The topological polar surface area (TPSA) is 37.3 Å². The molecule has 0 radical (unpaired) electrons. The van der Waals surface area contributed by atoms with Gasteiger partial charge in [-0.15, -0.1) is 11.8 Å². The molecule has 3 heteroatoms. The first kappa shape index (κ1) is 11.7. The molecule has 86 valence electrons. The third kappa shape index (κ3) is 3.36. The zero-order chi connectivity index (χ0) is 12.1. The number of phenolic OH excluding ortho intramolecular Hbond substituents is 1. The summed E-state index contributed by atoms with van der Waals surface area (Å²) in [6, 6.07) is 14.7. The number of aldehydes is 1. The second kappa shape index (κ2) is 5.55. The van der Waals surface area contributed by atoms with Crippen LogP contribution in [0.1, 0.15) is 15.9 Å². The summed E-state index contributed by atoms with van der Waals surface area (Å²) in [7, 11) is 0. The second-order valence-corrected chi connectivity index (χ2v) is 4.69. The minimum absolute atomic E-state index is 0.286. The van der Waals surface area contributed by atoms with Gasteiger partial charge in [0.15, 0.2) is 0 Å². The summed E-state index contributed by atoms with van der Waals surface area (Å²) in [6.45, 7) is 0. The highest BCUT2D eigenvalue weighted by Gasteiger charge is 1.97. The molecule has 2 aromatic carbocycles. The highest BCUT2D eigenvalue weighted by atomic mass is 32.2. The van der Waals surface area contributed by atoms with Crippen LogP contribution in [0.15, 0.2) is 53.4 Å². The van der Waals surface area contributed by atoms with Crippen molar-refractivity contribution in [2.24, 2.45) is 0 Å². The van der Waals surface area contributed by atoms with Crippen LogP contribution in [0.3, 0.4) is 0 Å². The average Bonchev–Trinajstić information content (AvgIpc) is 2.39. The Balaban J connectivity index is 1.97. The quantitative estimate of drug-likeness (QED) is 0.660. The van der Waals surface area contributed by atoms with Crippen LogP contribution in [0.5, 0.6) is 5.75 Å². The lowest BCUT2D eigenvalue weighted by Crippen LogP contribution is -1.81. The minimum Gasteiger partial charge on any atom is -0.508 e. The van der Waals surface area contributed by atoms with E-state index < -0.39 is 0 Å². The summed E-state index contributed by atoms with van der Waals surface area (Å²) in [5, 5.41) is 9.16. The summed E-state index contributed by atoms with van der Waals surface area (Å²) in [6.07, 6.45) is 0.842. The van der Waals surface area contributed by atoms with Gasteiger partial charge in [-0.1, -0.05) is 24.3 Å². The highest BCUT2D eigenvalue weighted by Crippen LogP contribution is 2.23. The fraction of sp³-hybridized carbons (Fsp3) is 0.0714. The zero-order valence-corrected chi connectivity index (χ0v) is 9.98. The standard InChI is InChI=1S/C14H12O2S/c15-9-11-3-7-14(8-4-11)17-10-12-1-5-13(16)6-2-12/h1-9,16H,10H2. The molecule has 0 heterocycles. The molecule has 0 aliphatic heterocycles. The molecule has 0 fully saturated rings. The van der Waals surface area contributed by atoms with E-state index in [9.17, 15) is 4.79 Å². The third-order valence-corrected chi connectivity index (χ3v) is 3.44. The van der Waals surface area contributed by atoms with E-state index in [1.807, 2.05) is 36.4 Å². The number of hydrogen-bond acceptors (Lipinski definition) is 3. The van der Waals surface area contributed by atoms with Gasteiger partial charge in [0, 0.05) is 16.2 Å². The largest absolute Gasteiger partial charge is 0.508 e. The Hall–Kier alpha value is -1.74. The van der Waals surface area contributed by atoms with E-state index in [1.165, 1.54) is 0 Å². The Morgan fingerprint density at radius 2 is 1.65 bits per heavy atom. The average molecular weight is 244 g/mol. The van der Waals surface area contributed by atoms with Crippen LogP contribution in [0.2, 0.25) is 0 Å². The van der Waals surface area contributed by atoms with E-state index in [-0.39, 0.29) is 5.75 Å². The van der Waals surface area contributed by atoms with Crippen molar-refractivity contribution in [1.29, 1.82) is 0 Å². The maximum atomic E-state index is 10.5. The van der Waals surface area contributed by atoms with Gasteiger partial charge in [0.05, 0.1) is 0 Å². The van der Waals surface area contributed by atoms with E-state index in [0.717, 1.165) is 22.5 Å². The molecule has 2 aromatic rings. The van der Waals surface area contributed by atoms with E-state index >= 15 is 0 Å². The molecule has 17 heavy (non-hydrogen) atoms. The number of thioether (sulfide) groups is 1. The first-order valence-corrected chi connectivity index (χ1v) is 6.22. The summed E-state index contributed by atoms with van der Waals surface area (Å²) in [5.74, 6) is 1.13. The van der Waals surface area contributed by atoms with Crippen LogP contribution in [0, 0.1) is 0 Å². The van der Waals surface area contributed by atoms with Crippen LogP contribution in [-0.4, -0.2) is 11.4 Å². The maximum absolute atomic E-state index is 10.5. The summed E-state index contributed by atoms with van der Waals surface area (Å²) in [4.78, 5) is 11.6. The molecule has 0 bridgehead atoms. The van der Waals surface area contributed by atoms with Crippen LogP contribution in [0.4, 0.5) is 0 Å². The first-order valence-electron chi connectivity index (χ1n) is 5.24. The molecule has 0 spiro atoms. The summed E-state index contributed by atoms with van der Waals surface area (Å²) in [5.41, 5.74) is 1.85. The first-order chi connectivity index (χ1) is 8.28. The van der Waals surface area contributed by atoms with Gasteiger partial charge in [0.25, 0.3) is 0 Å². The molecule has 2 rings (SSSR count). The second-order valence-electron chi connectivity index (χ2n) is 3.64. The predicted octanol–water partition coefficient (Wildman–Crippen LogP) is 3.50. The summed E-state index contributed by atoms with van der Waals surface area (Å²) < 4.78 is 0. The number of carbonyl (C=O) groups is 1. The van der Waals surface area contributed by atoms with Crippen molar-refractivity contribution < 1.29 is 9.90 Å². The molecule has 0 atom stereocenters. The van der Waals surface area contributed by atoms with Gasteiger partial charge in [-0.05, 0) is 29.8 Å². The Bertz CT molecular complexity index is 489. The van der Waals surface area contributed by atoms with Crippen molar-refractivity contribution in [2.75, 3.05) is 0 Å². The molecule has 2 nitrogen and oxygen atoms in total. The minimum atomic E-state index is 0.286. The van der Waals surface area contributed by atoms with E-state index in [1.54, 1.807) is 23.9 Å². The monoisotopic (exact) mass is 244 g/mol. The third-order valence-electron chi connectivity index (χ3n) is 2.36. The summed E-state index contributed by atoms with van der Waals surface area (Å²) >= 11 is 1.70. The predicted molar refractivity (Wildman–Crippen MR) is 69.5 cm³/mol. The van der Waals surface area contributed by atoms with Crippen LogP contribution >= 0.6 is 11.8 Å². The molecule has 0 unspecified atom stereocenters. The van der Waals surface area contributed by atoms with E-state index in [4.69, 9.17) is 5.11 Å². The zero-order valence-electron chi connectivity index (χ0n) is 9.17. The van der Waals surface area contributed by atoms with Crippen molar-refractivity contribution in [1.82, 2.24) is 0 Å². The lowest BCUT2D eigenvalue weighted by Gasteiger charge is -2.02. The Morgan fingerprint density at radius 1 is 1.00 bits per heavy atom. The van der Waals surface area contributed by atoms with Crippen molar-refractivity contribution in [3.8, 4) is 5.75 Å². The fourth-order valence-electron chi connectivity index (χ4n) is 1.40. The van der Waals surface area contributed by atoms with Crippen LogP contribution in [0.25, 0.3) is 0 Å². The molecular weight excluding hydrogens is 232 g/mol. The van der Waals surface area contributed by atoms with Crippen molar-refractivity contribution in [3.63, 3.8) is 0 Å². The molecule has 0 aliphatic rings. The number of carbonyl (C=O) groups excluding carboxylic acids is 1. The molecule has 0 aromatic heterocycles. The van der Waals surface area contributed by atoms with E-state index in [0.29, 0.717) is 5.56 Å². The lowest BCUT2D eigenvalue weighted by molar-refractivity contribution is 0.112. The van der Waals surface area contributed by atoms with E-state index in [2.05, 4.69) is 0 Å². The number of benzene rings is 2. The fourth-order valence-corrected chi connectivity index (χ4v) is 2.26. The van der Waals surface area contributed by atoms with Gasteiger partial charge in [-0.3, -0.25) is 4.79 Å². The van der Waals surface area contributed by atoms with Crippen molar-refractivity contribution >= 4 is 18.0 Å². The normalized spacial score (nSPS) is 10.1. The van der Waals surface area contributed by atoms with Gasteiger partial charge in [-0.2, -0.15) is 0 Å². The molecular formula is C14H12O2S. The Labute approximate surface area is 104 Å². The van der Waals surface area contributed by atoms with Crippen LogP contribution < -0.4 is 0 Å². The SMILES string of the molecule is O=Cc1ccc(SCc2ccc(O)cc2)cc1. The smallest absolute Gasteiger partial charge is 0.150 e. The van der Waals surface area contributed by atoms with Gasteiger partial charge >= 0.3 is 0 Å². The van der Waals surface area contributed by atoms with Gasteiger partial charge in [-0.25, -0.2) is 0 Å². The highest BCUT2D eigenvalue weighted by molar-refractivity contribution is 7.98. The van der Waals surface area contributed by atoms with Crippen LogP contribution in [-0.2, 0) is 5.75 Å². The molecule has 1 N–H and O–H groups in total. The molecule has 0 saturated heterocycles. The van der Waals surface area contributed by atoms with Gasteiger partial charge < -0.3 is 5.11 Å². The molecule has 0 saturated carbocycles. The van der Waals surface area contributed by atoms with Gasteiger partial charge in [0.1, 0.15) is 12.0 Å². The van der Waals surface area contributed by atoms with Crippen molar-refractivity contribution in [3.05, 3.63) is 59.7 Å². The van der Waals surface area contributed by atoms with Gasteiger partial charge in [0.2, 0.25) is 0 Å². The van der Waals surface area contributed by atoms with Crippen molar-refractivity contribution in [2.45, 2.75) is 10.6 Å². The lowest BCUT2D eigenvalue weighted by atomic mass is 10.2. The number of hydrogen-bond donors (Lipinski definition) is 1. The Kier molecular flexibility index (Phi) is 3.83. The molecule has 0 amide bonds.